The molecule has 3 aromatic carbocycles. The summed E-state index contributed by atoms with van der Waals surface area (Å²) in [4.78, 5) is 18.9. The van der Waals surface area contributed by atoms with Crippen molar-refractivity contribution in [2.75, 3.05) is 30.4 Å². The average molecular weight is 650 g/mol. The van der Waals surface area contributed by atoms with E-state index < -0.39 is 0 Å². The monoisotopic (exact) mass is 649 g/mol. The van der Waals surface area contributed by atoms with Crippen molar-refractivity contribution in [3.05, 3.63) is 95.3 Å². The van der Waals surface area contributed by atoms with Crippen LogP contribution >= 0.6 is 0 Å². The predicted octanol–water partition coefficient (Wildman–Crippen LogP) is 7.89. The van der Waals surface area contributed by atoms with Gasteiger partial charge in [0.2, 0.25) is 5.89 Å². The first-order valence-electron chi connectivity index (χ1n) is 17.0. The van der Waals surface area contributed by atoms with Crippen LogP contribution in [0.25, 0.3) is 44.6 Å². The molecule has 1 aliphatic carbocycles. The fourth-order valence-corrected chi connectivity index (χ4v) is 7.25. The predicted molar refractivity (Wildman–Crippen MR) is 194 cm³/mol. The number of benzene rings is 3. The lowest BCUT2D eigenvalue weighted by molar-refractivity contribution is 0.175. The zero-order valence-corrected chi connectivity index (χ0v) is 28.1. The lowest BCUT2D eigenvalue weighted by Gasteiger charge is -2.36. The van der Waals surface area contributed by atoms with E-state index in [1.807, 2.05) is 42.7 Å². The topological polar surface area (TPSA) is 114 Å². The summed E-state index contributed by atoms with van der Waals surface area (Å²) in [6, 6.07) is 23.4. The number of likely N-dealkylation sites (tertiary alicyclic amines) is 1. The first-order valence-corrected chi connectivity index (χ1v) is 17.0. The lowest BCUT2D eigenvalue weighted by atomic mass is 9.91. The number of aromatic nitrogens is 3. The van der Waals surface area contributed by atoms with Crippen molar-refractivity contribution >= 4 is 39.2 Å². The Balaban J connectivity index is 1.10. The van der Waals surface area contributed by atoms with E-state index in [0.29, 0.717) is 41.0 Å². The molecule has 0 bridgehead atoms. The van der Waals surface area contributed by atoms with Crippen LogP contribution in [-0.2, 0) is 6.54 Å². The van der Waals surface area contributed by atoms with Crippen LogP contribution in [-0.4, -0.2) is 57.2 Å². The van der Waals surface area contributed by atoms with Crippen molar-refractivity contribution in [2.45, 2.75) is 58.2 Å². The van der Waals surface area contributed by atoms with Gasteiger partial charge in [0, 0.05) is 67.4 Å². The zero-order chi connectivity index (χ0) is 33.6. The number of rotatable bonds is 8. The Morgan fingerprint density at radius 3 is 2.55 bits per heavy atom. The molecule has 2 fully saturated rings. The van der Waals surface area contributed by atoms with Crippen LogP contribution in [0.3, 0.4) is 0 Å². The van der Waals surface area contributed by atoms with Crippen molar-refractivity contribution in [3.63, 3.8) is 0 Å². The van der Waals surface area contributed by atoms with E-state index in [9.17, 15) is 10.4 Å². The second-order valence-electron chi connectivity index (χ2n) is 13.5. The zero-order valence-electron chi connectivity index (χ0n) is 28.1. The summed E-state index contributed by atoms with van der Waals surface area (Å²) >= 11 is 0. The number of nitriles is 1. The maximum absolute atomic E-state index is 9.99. The Bertz CT molecular complexity index is 2250. The fraction of sp³-hybridized carbons (Fsp3) is 0.300. The molecular weight excluding hydrogens is 610 g/mol. The Kier molecular flexibility index (Phi) is 7.98. The van der Waals surface area contributed by atoms with E-state index in [1.165, 1.54) is 19.3 Å². The summed E-state index contributed by atoms with van der Waals surface area (Å²) in [7, 11) is 2.10. The number of nitrogens with zero attached hydrogens (tertiary/aromatic N) is 6. The molecule has 0 unspecified atom stereocenters. The van der Waals surface area contributed by atoms with Crippen molar-refractivity contribution in [1.29, 1.82) is 5.26 Å². The van der Waals surface area contributed by atoms with E-state index in [-0.39, 0.29) is 6.10 Å². The smallest absolute Gasteiger partial charge is 0.227 e. The Labute approximate surface area is 285 Å². The van der Waals surface area contributed by atoms with Gasteiger partial charge in [-0.15, -0.1) is 0 Å². The van der Waals surface area contributed by atoms with Crippen molar-refractivity contribution < 1.29 is 9.52 Å². The number of hydrogen-bond donors (Lipinski definition) is 2. The number of β-amino-alcohol motifs (C(OH)–C–C–N with tert-alkyl or cyclic N) is 1. The van der Waals surface area contributed by atoms with Gasteiger partial charge in [0.15, 0.2) is 11.4 Å². The molecule has 1 saturated carbocycles. The van der Waals surface area contributed by atoms with Gasteiger partial charge in [-0.05, 0) is 104 Å². The van der Waals surface area contributed by atoms with Gasteiger partial charge in [-0.25, -0.2) is 9.97 Å². The largest absolute Gasteiger partial charge is 0.435 e. The molecule has 9 nitrogen and oxygen atoms in total. The van der Waals surface area contributed by atoms with Crippen LogP contribution in [0.4, 0.5) is 17.2 Å². The third-order valence-electron chi connectivity index (χ3n) is 10.4. The molecule has 49 heavy (non-hydrogen) atoms. The van der Waals surface area contributed by atoms with Gasteiger partial charge in [-0.1, -0.05) is 24.3 Å². The van der Waals surface area contributed by atoms with E-state index in [2.05, 4.69) is 77.4 Å². The van der Waals surface area contributed by atoms with E-state index in [0.717, 1.165) is 75.2 Å². The maximum Gasteiger partial charge on any atom is 0.227 e. The van der Waals surface area contributed by atoms with Gasteiger partial charge in [0.25, 0.3) is 0 Å². The van der Waals surface area contributed by atoms with Gasteiger partial charge in [-0.3, -0.25) is 9.88 Å². The molecule has 4 heterocycles. The SMILES string of the molecule is Cc1c(Nc2nccc3cc(CN4CC[C@@H](O)C4)cnc23)cccc1-c1cccc(-c2nc3cc(N(C)C4CCC4)cc(C#N)c3o2)c1C. The first-order chi connectivity index (χ1) is 23.9. The Hall–Kier alpha value is -5.30. The number of aliphatic hydroxyl groups excluding tert-OH is 1. The van der Waals surface area contributed by atoms with Crippen molar-refractivity contribution in [3.8, 4) is 28.7 Å². The normalized spacial score (nSPS) is 16.6. The fourth-order valence-electron chi connectivity index (χ4n) is 7.25. The van der Waals surface area contributed by atoms with Gasteiger partial charge in [-0.2, -0.15) is 5.26 Å². The minimum absolute atomic E-state index is 0.240. The summed E-state index contributed by atoms with van der Waals surface area (Å²) in [6.07, 6.45) is 7.90. The lowest BCUT2D eigenvalue weighted by Crippen LogP contribution is -2.37. The van der Waals surface area contributed by atoms with Gasteiger partial charge >= 0.3 is 0 Å². The molecule has 1 atom stereocenters. The molecule has 0 spiro atoms. The summed E-state index contributed by atoms with van der Waals surface area (Å²) in [6.45, 7) is 6.58. The number of oxazole rings is 1. The number of pyridine rings is 2. The van der Waals surface area contributed by atoms with Crippen molar-refractivity contribution in [1.82, 2.24) is 19.9 Å². The Morgan fingerprint density at radius 2 is 1.80 bits per heavy atom. The second kappa shape index (κ2) is 12.6. The van der Waals surface area contributed by atoms with E-state index in [1.54, 1.807) is 0 Å². The number of anilines is 3. The molecule has 2 N–H and O–H groups in total. The van der Waals surface area contributed by atoms with E-state index >= 15 is 0 Å². The van der Waals surface area contributed by atoms with Crippen LogP contribution in [0.1, 0.15) is 47.9 Å². The number of fused-ring (bicyclic) bond motifs is 2. The van der Waals surface area contributed by atoms with Crippen LogP contribution in [0, 0.1) is 25.2 Å². The quantitative estimate of drug-likeness (QED) is 0.170. The maximum atomic E-state index is 9.99. The summed E-state index contributed by atoms with van der Waals surface area (Å²) in [5.41, 5.74) is 10.8. The minimum atomic E-state index is -0.240. The summed E-state index contributed by atoms with van der Waals surface area (Å²) < 4.78 is 6.31. The highest BCUT2D eigenvalue weighted by atomic mass is 16.3. The molecule has 2 aliphatic rings. The Morgan fingerprint density at radius 1 is 1.00 bits per heavy atom. The summed E-state index contributed by atoms with van der Waals surface area (Å²) in [5.74, 6) is 1.21. The molecule has 0 amide bonds. The third-order valence-corrected chi connectivity index (χ3v) is 10.4. The number of hydrogen-bond acceptors (Lipinski definition) is 9. The van der Waals surface area contributed by atoms with Gasteiger partial charge in [0.05, 0.1) is 11.7 Å². The van der Waals surface area contributed by atoms with Crippen LogP contribution in [0.15, 0.2) is 77.5 Å². The third kappa shape index (κ3) is 5.77. The molecule has 8 rings (SSSR count). The highest BCUT2D eigenvalue weighted by Crippen LogP contribution is 2.39. The number of aliphatic hydroxyl groups is 1. The highest BCUT2D eigenvalue weighted by Gasteiger charge is 2.25. The molecular formula is C40H39N7O2. The minimum Gasteiger partial charge on any atom is -0.435 e. The summed E-state index contributed by atoms with van der Waals surface area (Å²) in [5, 5.41) is 24.5. The average Bonchev–Trinajstić information content (AvgIpc) is 3.70. The van der Waals surface area contributed by atoms with Crippen LogP contribution < -0.4 is 10.2 Å². The number of nitrogens with one attached hydrogen (secondary N) is 1. The highest BCUT2D eigenvalue weighted by molar-refractivity contribution is 5.91. The van der Waals surface area contributed by atoms with Crippen LogP contribution in [0.2, 0.25) is 0 Å². The molecule has 6 aromatic rings. The molecule has 0 radical (unpaired) electrons. The molecule has 1 saturated heterocycles. The van der Waals surface area contributed by atoms with Crippen LogP contribution in [0.5, 0.6) is 0 Å². The standard InChI is InChI=1S/C40H39N7O2/c1-24-32(9-5-11-34(24)40-45-36-19-30(46(3)29-7-4-8-29)18-28(20-41)38(36)49-40)33-10-6-12-35(25(33)2)44-39-37-27(13-15-42-39)17-26(21-43-37)22-47-16-14-31(48)23-47/h5-6,9-13,15,17-19,21,29,31,48H,4,7-8,14,16,22-23H2,1-3H3,(H,42,44)/t31-/m1/s1. The molecule has 3 aromatic heterocycles. The molecule has 9 heteroatoms. The van der Waals surface area contributed by atoms with Crippen molar-refractivity contribution in [2.24, 2.45) is 0 Å². The second-order valence-corrected chi connectivity index (χ2v) is 13.5. The first kappa shape index (κ1) is 31.0. The van der Waals surface area contributed by atoms with Gasteiger partial charge in [0.1, 0.15) is 17.1 Å². The molecule has 1 aliphatic heterocycles. The van der Waals surface area contributed by atoms with E-state index in [4.69, 9.17) is 14.4 Å². The molecule has 246 valence electrons. The van der Waals surface area contributed by atoms with Gasteiger partial charge < -0.3 is 19.7 Å².